The van der Waals surface area contributed by atoms with Gasteiger partial charge >= 0.3 is 11.9 Å². The largest absolute Gasteiger partial charge is 0.489 e. The number of nitrogens with zero attached hydrogens (tertiary/aromatic N) is 1. The van der Waals surface area contributed by atoms with Crippen LogP contribution >= 0.6 is 0 Å². The summed E-state index contributed by atoms with van der Waals surface area (Å²) in [6.07, 6.45) is 5.83. The van der Waals surface area contributed by atoms with Crippen LogP contribution in [0.1, 0.15) is 47.7 Å². The van der Waals surface area contributed by atoms with Gasteiger partial charge in [0.1, 0.15) is 19.0 Å². The Labute approximate surface area is 219 Å². The Kier molecular flexibility index (Phi) is 14.4. The van der Waals surface area contributed by atoms with Crippen molar-refractivity contribution in [2.45, 2.75) is 39.2 Å². The molecule has 0 aliphatic heterocycles. The van der Waals surface area contributed by atoms with Gasteiger partial charge in [0.05, 0.1) is 12.2 Å². The standard InChI is InChI=1S/C29H37NO7/c1-4-21-33-27-12-8-7-11-25(27)18-20-30(19-10-9-13-28(31)36-34-6-3)23-24-14-16-26(17-15-24)29(32)37-35-22-5-2/h4-5,7-8,11-12,14-17H,1-2,6,9-10,13,18-23H2,3H3. The van der Waals surface area contributed by atoms with Gasteiger partial charge in [0, 0.05) is 19.5 Å². The zero-order chi connectivity index (χ0) is 26.7. The molecule has 0 N–H and O–H groups in total. The second-order valence-electron chi connectivity index (χ2n) is 8.19. The van der Waals surface area contributed by atoms with Crippen LogP contribution in [0.25, 0.3) is 0 Å². The fraction of sp³-hybridized carbons (Fsp3) is 0.379. The van der Waals surface area contributed by atoms with E-state index in [9.17, 15) is 9.59 Å². The highest BCUT2D eigenvalue weighted by molar-refractivity contribution is 5.88. The summed E-state index contributed by atoms with van der Waals surface area (Å²) < 4.78 is 5.81. The number of rotatable bonds is 19. The van der Waals surface area contributed by atoms with Crippen LogP contribution in [0, 0.1) is 0 Å². The van der Waals surface area contributed by atoms with Gasteiger partial charge < -0.3 is 4.74 Å². The molecule has 8 nitrogen and oxygen atoms in total. The lowest BCUT2D eigenvalue weighted by Crippen LogP contribution is -2.27. The van der Waals surface area contributed by atoms with E-state index in [1.807, 2.05) is 30.3 Å². The Bertz CT molecular complexity index is 974. The van der Waals surface area contributed by atoms with Gasteiger partial charge in [-0.25, -0.2) is 9.59 Å². The van der Waals surface area contributed by atoms with Gasteiger partial charge in [-0.1, -0.05) is 49.1 Å². The highest BCUT2D eigenvalue weighted by Crippen LogP contribution is 2.20. The van der Waals surface area contributed by atoms with Crippen molar-refractivity contribution in [3.63, 3.8) is 0 Å². The van der Waals surface area contributed by atoms with Crippen molar-refractivity contribution in [3.8, 4) is 5.75 Å². The molecular weight excluding hydrogens is 474 g/mol. The molecule has 2 aromatic rings. The lowest BCUT2D eigenvalue weighted by molar-refractivity contribution is -0.269. The minimum atomic E-state index is -0.555. The van der Waals surface area contributed by atoms with Gasteiger partial charge in [-0.05, 0) is 62.1 Å². The van der Waals surface area contributed by atoms with Crippen LogP contribution in [0.4, 0.5) is 0 Å². The monoisotopic (exact) mass is 511 g/mol. The van der Waals surface area contributed by atoms with Crippen LogP contribution in [-0.4, -0.2) is 49.7 Å². The van der Waals surface area contributed by atoms with Crippen molar-refractivity contribution in [1.82, 2.24) is 4.90 Å². The Morgan fingerprint density at radius 2 is 1.65 bits per heavy atom. The summed E-state index contributed by atoms with van der Waals surface area (Å²) >= 11 is 0. The van der Waals surface area contributed by atoms with Gasteiger partial charge in [-0.2, -0.15) is 9.78 Å². The lowest BCUT2D eigenvalue weighted by atomic mass is 10.1. The van der Waals surface area contributed by atoms with Crippen molar-refractivity contribution in [2.75, 3.05) is 32.9 Å². The molecule has 37 heavy (non-hydrogen) atoms. The molecular formula is C29H37NO7. The Hall–Kier alpha value is -3.46. The number of para-hydroxylation sites is 1. The van der Waals surface area contributed by atoms with Crippen molar-refractivity contribution < 1.29 is 33.9 Å². The molecule has 200 valence electrons. The van der Waals surface area contributed by atoms with Crippen molar-refractivity contribution >= 4 is 11.9 Å². The average molecular weight is 512 g/mol. The Balaban J connectivity index is 1.99. The molecule has 0 saturated carbocycles. The summed E-state index contributed by atoms with van der Waals surface area (Å²) in [5, 5.41) is 0. The number of ether oxygens (including phenoxy) is 1. The topological polar surface area (TPSA) is 83.5 Å². The number of carbonyl (C=O) groups excluding carboxylic acids is 2. The van der Waals surface area contributed by atoms with E-state index in [0.29, 0.717) is 38.2 Å². The molecule has 8 heteroatoms. The summed E-state index contributed by atoms with van der Waals surface area (Å²) in [5.74, 6) is -0.0656. The molecule has 0 bridgehead atoms. The first kappa shape index (κ1) is 29.8. The van der Waals surface area contributed by atoms with E-state index in [1.165, 1.54) is 6.08 Å². The summed E-state index contributed by atoms with van der Waals surface area (Å²) in [6, 6.07) is 15.2. The SMILES string of the molecule is C=CCOOC(=O)c1ccc(CN(CCCCC(=O)OOCC)CCc2ccccc2OCC=C)cc1. The third kappa shape index (κ3) is 11.9. The number of unbranched alkanes of at least 4 members (excludes halogenated alkanes) is 1. The Morgan fingerprint density at radius 1 is 0.892 bits per heavy atom. The maximum absolute atomic E-state index is 12.1. The van der Waals surface area contributed by atoms with Crippen molar-refractivity contribution in [2.24, 2.45) is 0 Å². The second kappa shape index (κ2) is 17.9. The quantitative estimate of drug-likeness (QED) is 0.110. The molecule has 0 aromatic heterocycles. The minimum Gasteiger partial charge on any atom is -0.489 e. The molecule has 0 radical (unpaired) electrons. The van der Waals surface area contributed by atoms with Crippen LogP contribution in [0.5, 0.6) is 5.75 Å². The van der Waals surface area contributed by atoms with Gasteiger partial charge in [0.2, 0.25) is 0 Å². The maximum Gasteiger partial charge on any atom is 0.373 e. The molecule has 0 amide bonds. The van der Waals surface area contributed by atoms with Gasteiger partial charge in [0.25, 0.3) is 0 Å². The third-order valence-corrected chi connectivity index (χ3v) is 5.32. The molecule has 0 spiro atoms. The van der Waals surface area contributed by atoms with Crippen molar-refractivity contribution in [3.05, 3.63) is 90.5 Å². The fourth-order valence-electron chi connectivity index (χ4n) is 3.51. The Morgan fingerprint density at radius 3 is 2.38 bits per heavy atom. The van der Waals surface area contributed by atoms with Crippen molar-refractivity contribution in [1.29, 1.82) is 0 Å². The highest BCUT2D eigenvalue weighted by atomic mass is 17.2. The number of hydrogen-bond donors (Lipinski definition) is 0. The molecule has 0 aliphatic rings. The normalized spacial score (nSPS) is 10.6. The molecule has 0 heterocycles. The predicted octanol–water partition coefficient (Wildman–Crippen LogP) is 5.24. The summed E-state index contributed by atoms with van der Waals surface area (Å²) in [5.41, 5.74) is 2.57. The zero-order valence-corrected chi connectivity index (χ0v) is 21.6. The third-order valence-electron chi connectivity index (χ3n) is 5.32. The molecule has 0 unspecified atom stereocenters. The molecule has 0 atom stereocenters. The molecule has 0 fully saturated rings. The summed E-state index contributed by atoms with van der Waals surface area (Å²) in [6.45, 7) is 12.2. The molecule has 2 rings (SSSR count). The van der Waals surface area contributed by atoms with E-state index in [1.54, 1.807) is 25.1 Å². The summed E-state index contributed by atoms with van der Waals surface area (Å²) in [4.78, 5) is 45.0. The maximum atomic E-state index is 12.1. The van der Waals surface area contributed by atoms with E-state index < -0.39 is 5.97 Å². The first-order chi connectivity index (χ1) is 18.1. The number of hydrogen-bond acceptors (Lipinski definition) is 8. The smallest absolute Gasteiger partial charge is 0.373 e. The molecule has 0 aliphatic carbocycles. The number of benzene rings is 2. The van der Waals surface area contributed by atoms with E-state index in [2.05, 4.69) is 29.0 Å². The van der Waals surface area contributed by atoms with E-state index in [-0.39, 0.29) is 12.6 Å². The van der Waals surface area contributed by atoms with Gasteiger partial charge in [-0.15, -0.1) is 6.58 Å². The van der Waals surface area contributed by atoms with Crippen LogP contribution in [0.2, 0.25) is 0 Å². The first-order valence-electron chi connectivity index (χ1n) is 12.5. The van der Waals surface area contributed by atoms with Crippen LogP contribution in [0.3, 0.4) is 0 Å². The number of carbonyl (C=O) groups is 2. The first-order valence-corrected chi connectivity index (χ1v) is 12.5. The second-order valence-corrected chi connectivity index (χ2v) is 8.19. The van der Waals surface area contributed by atoms with Gasteiger partial charge in [0.15, 0.2) is 0 Å². The molecule has 2 aromatic carbocycles. The molecule has 0 saturated heterocycles. The van der Waals surface area contributed by atoms with E-state index in [0.717, 1.165) is 42.8 Å². The highest BCUT2D eigenvalue weighted by Gasteiger charge is 2.12. The average Bonchev–Trinajstić information content (AvgIpc) is 2.92. The van der Waals surface area contributed by atoms with Gasteiger partial charge in [-0.3, -0.25) is 14.7 Å². The predicted molar refractivity (Wildman–Crippen MR) is 141 cm³/mol. The van der Waals surface area contributed by atoms with E-state index in [4.69, 9.17) is 19.4 Å². The zero-order valence-electron chi connectivity index (χ0n) is 21.6. The van der Waals surface area contributed by atoms with Crippen LogP contribution < -0.4 is 4.74 Å². The lowest BCUT2D eigenvalue weighted by Gasteiger charge is -2.23. The van der Waals surface area contributed by atoms with E-state index >= 15 is 0 Å². The minimum absolute atomic E-state index is 0.129. The van der Waals surface area contributed by atoms with Crippen LogP contribution in [-0.2, 0) is 37.3 Å². The fourth-order valence-corrected chi connectivity index (χ4v) is 3.51. The van der Waals surface area contributed by atoms with Crippen LogP contribution in [0.15, 0.2) is 73.8 Å². The summed E-state index contributed by atoms with van der Waals surface area (Å²) in [7, 11) is 0.